The molecule has 0 saturated heterocycles. The largest absolute Gasteiger partial charge is 0.311 e. The summed E-state index contributed by atoms with van der Waals surface area (Å²) in [7, 11) is 0. The number of nitrogens with zero attached hydrogens (tertiary/aromatic N) is 8. The summed E-state index contributed by atoms with van der Waals surface area (Å²) >= 11 is 0. The van der Waals surface area contributed by atoms with E-state index in [1.54, 1.807) is 0 Å². The molecule has 94 heavy (non-hydrogen) atoms. The molecule has 0 unspecified atom stereocenters. The molecule has 3 aromatic heterocycles. The molecule has 438 valence electrons. The molecule has 0 radical (unpaired) electrons. The van der Waals surface area contributed by atoms with Crippen LogP contribution < -0.4 is 26.2 Å². The van der Waals surface area contributed by atoms with E-state index >= 15 is 0 Å². The Bertz CT molecular complexity index is 5400. The molecule has 8 nitrogen and oxygen atoms in total. The monoisotopic (exact) mass is 1200 g/mol. The van der Waals surface area contributed by atoms with Crippen LogP contribution in [0.3, 0.4) is 0 Å². The summed E-state index contributed by atoms with van der Waals surface area (Å²) in [6.07, 6.45) is 0. The molecule has 13 aromatic carbocycles. The Morgan fingerprint density at radius 1 is 0.234 bits per heavy atom. The van der Waals surface area contributed by atoms with E-state index in [4.69, 9.17) is 24.9 Å². The average Bonchev–Trinajstić information content (AvgIpc) is 0.817. The fraction of sp³-hybridized carbons (Fsp3) is 0. The third kappa shape index (κ3) is 9.36. The van der Waals surface area contributed by atoms with Gasteiger partial charge in [0.05, 0.1) is 28.1 Å². The van der Waals surface area contributed by atoms with E-state index in [0.29, 0.717) is 23.3 Å². The summed E-state index contributed by atoms with van der Waals surface area (Å²) in [5, 5.41) is 2.28. The highest BCUT2D eigenvalue weighted by molar-refractivity contribution is 7.00. The fourth-order valence-electron chi connectivity index (χ4n) is 14.1. The zero-order chi connectivity index (χ0) is 62.1. The van der Waals surface area contributed by atoms with E-state index < -0.39 is 0 Å². The van der Waals surface area contributed by atoms with E-state index in [1.165, 1.54) is 16.4 Å². The number of para-hydroxylation sites is 5. The first-order valence-corrected chi connectivity index (χ1v) is 31.8. The topological polar surface area (TPSA) is 75.9 Å². The van der Waals surface area contributed by atoms with Gasteiger partial charge in [-0.3, -0.25) is 0 Å². The summed E-state index contributed by atoms with van der Waals surface area (Å²) in [6, 6.07) is 118. The second-order valence-corrected chi connectivity index (χ2v) is 24.0. The predicted molar refractivity (Wildman–Crippen MR) is 387 cm³/mol. The van der Waals surface area contributed by atoms with E-state index in [2.05, 4.69) is 306 Å². The molecule has 0 saturated carbocycles. The highest BCUT2D eigenvalue weighted by Gasteiger charge is 2.43. The van der Waals surface area contributed by atoms with Crippen molar-refractivity contribution in [2.75, 3.05) is 9.80 Å². The standard InChI is InChI=1S/C85H55BN8/c1-7-26-56(27-8-1)61-46-48-75-68(51-61)67-40-19-22-43-74(67)94(75)76-49-47-62(73-55-72(57-28-9-2-10-29-57)87-82(88-73)58-30-11-3-12-31-58)52-69(76)85-90-83(59-32-13-4-14-33-59)89-84(91-85)63-35-25-34-60(50-63)64-53-79-81-80(54-64)93(66-38-17-6-18-39-66)78-45-24-21-42-71(78)86(81)70-41-20-23-44-77(70)92(79)65-36-15-5-16-37-65/h1-55H. The lowest BCUT2D eigenvalue weighted by atomic mass is 9.33. The second-order valence-electron chi connectivity index (χ2n) is 24.0. The normalized spacial score (nSPS) is 12.2. The van der Waals surface area contributed by atoms with Gasteiger partial charge in [-0.05, 0) is 130 Å². The van der Waals surface area contributed by atoms with Crippen LogP contribution in [0.15, 0.2) is 334 Å². The molecule has 16 aromatic rings. The fourth-order valence-corrected chi connectivity index (χ4v) is 14.1. The lowest BCUT2D eigenvalue weighted by Gasteiger charge is -2.44. The summed E-state index contributed by atoms with van der Waals surface area (Å²) in [5.41, 5.74) is 24.8. The van der Waals surface area contributed by atoms with Crippen LogP contribution in [0.2, 0.25) is 0 Å². The van der Waals surface area contributed by atoms with Crippen molar-refractivity contribution >= 4 is 79.0 Å². The number of hydrogen-bond donors (Lipinski definition) is 0. The number of benzene rings is 13. The van der Waals surface area contributed by atoms with Crippen LogP contribution in [0.25, 0.3) is 118 Å². The van der Waals surface area contributed by atoms with Crippen molar-refractivity contribution < 1.29 is 0 Å². The van der Waals surface area contributed by atoms with Gasteiger partial charge in [0.1, 0.15) is 0 Å². The molecule has 0 fully saturated rings. The maximum absolute atomic E-state index is 5.68. The molecule has 18 rings (SSSR count). The van der Waals surface area contributed by atoms with Gasteiger partial charge in [-0.25, -0.2) is 24.9 Å². The third-order valence-electron chi connectivity index (χ3n) is 18.4. The number of hydrogen-bond acceptors (Lipinski definition) is 7. The third-order valence-corrected chi connectivity index (χ3v) is 18.4. The van der Waals surface area contributed by atoms with E-state index in [9.17, 15) is 0 Å². The van der Waals surface area contributed by atoms with E-state index in [-0.39, 0.29) is 6.71 Å². The van der Waals surface area contributed by atoms with Gasteiger partial charge in [0.15, 0.2) is 23.3 Å². The molecule has 5 heterocycles. The average molecular weight is 1200 g/mol. The lowest BCUT2D eigenvalue weighted by molar-refractivity contribution is 1.06. The molecule has 0 amide bonds. The van der Waals surface area contributed by atoms with Gasteiger partial charge < -0.3 is 14.4 Å². The highest BCUT2D eigenvalue weighted by Crippen LogP contribution is 2.47. The molecular weight excluding hydrogens is 1140 g/mol. The Hall–Kier alpha value is -12.6. The Kier molecular flexibility index (Phi) is 13.1. The van der Waals surface area contributed by atoms with Crippen molar-refractivity contribution in [3.05, 3.63) is 334 Å². The molecule has 0 aliphatic carbocycles. The first-order valence-electron chi connectivity index (χ1n) is 31.8. The van der Waals surface area contributed by atoms with Gasteiger partial charge in [0.2, 0.25) is 0 Å². The van der Waals surface area contributed by atoms with Gasteiger partial charge in [-0.2, -0.15) is 0 Å². The zero-order valence-corrected chi connectivity index (χ0v) is 50.9. The highest BCUT2D eigenvalue weighted by atomic mass is 15.2. The van der Waals surface area contributed by atoms with Crippen LogP contribution in [0.4, 0.5) is 34.1 Å². The SMILES string of the molecule is c1ccc(-c2ccc3c(c2)c2ccccc2n3-c2ccc(-c3cc(-c4ccccc4)nc(-c4ccccc4)n3)cc2-c2nc(-c3ccccc3)nc(-c3cccc(-c4cc5c6c(c4)N(c4ccccc4)c4ccccc4B6c4ccccc4N5c4ccccc4)c3)n2)cc1. The van der Waals surface area contributed by atoms with Crippen molar-refractivity contribution in [3.63, 3.8) is 0 Å². The Labute approximate surface area is 544 Å². The molecule has 0 spiro atoms. The van der Waals surface area contributed by atoms with Crippen molar-refractivity contribution in [3.8, 4) is 96.0 Å². The number of fused-ring (bicyclic) bond motifs is 7. The van der Waals surface area contributed by atoms with Crippen molar-refractivity contribution in [1.29, 1.82) is 0 Å². The second kappa shape index (κ2) is 22.7. The smallest absolute Gasteiger partial charge is 0.252 e. The number of rotatable bonds is 11. The summed E-state index contributed by atoms with van der Waals surface area (Å²) in [6.45, 7) is -0.0124. The molecule has 9 heteroatoms. The summed E-state index contributed by atoms with van der Waals surface area (Å²) < 4.78 is 2.37. The number of anilines is 6. The minimum Gasteiger partial charge on any atom is -0.311 e. The molecule has 0 atom stereocenters. The zero-order valence-electron chi connectivity index (χ0n) is 50.9. The maximum atomic E-state index is 5.68. The molecular formula is C85H55BN8. The summed E-state index contributed by atoms with van der Waals surface area (Å²) in [4.78, 5) is 32.1. The van der Waals surface area contributed by atoms with Gasteiger partial charge in [-0.15, -0.1) is 0 Å². The number of aromatic nitrogens is 6. The molecule has 0 N–H and O–H groups in total. The Morgan fingerprint density at radius 2 is 0.681 bits per heavy atom. The first kappa shape index (κ1) is 54.4. The molecule has 0 bridgehead atoms. The minimum atomic E-state index is -0.0124. The predicted octanol–water partition coefficient (Wildman–Crippen LogP) is 19.2. The minimum absolute atomic E-state index is 0.0124. The van der Waals surface area contributed by atoms with Crippen molar-refractivity contribution in [1.82, 2.24) is 29.5 Å². The van der Waals surface area contributed by atoms with Gasteiger partial charge in [0.25, 0.3) is 6.71 Å². The van der Waals surface area contributed by atoms with Crippen LogP contribution in [-0.2, 0) is 0 Å². The van der Waals surface area contributed by atoms with Crippen molar-refractivity contribution in [2.45, 2.75) is 0 Å². The van der Waals surface area contributed by atoms with E-state index in [1.807, 2.05) is 42.5 Å². The van der Waals surface area contributed by atoms with E-state index in [0.717, 1.165) is 129 Å². The quantitative estimate of drug-likeness (QED) is 0.119. The van der Waals surface area contributed by atoms with Gasteiger partial charge >= 0.3 is 0 Å². The van der Waals surface area contributed by atoms with Crippen LogP contribution in [0.1, 0.15) is 0 Å². The van der Waals surface area contributed by atoms with Crippen LogP contribution in [0.5, 0.6) is 0 Å². The summed E-state index contributed by atoms with van der Waals surface area (Å²) in [5.74, 6) is 2.23. The Morgan fingerprint density at radius 3 is 1.30 bits per heavy atom. The first-order chi connectivity index (χ1) is 46.6. The molecule has 2 aliphatic heterocycles. The van der Waals surface area contributed by atoms with Crippen LogP contribution >= 0.6 is 0 Å². The Balaban J connectivity index is 0.864. The van der Waals surface area contributed by atoms with Gasteiger partial charge in [-0.1, -0.05) is 243 Å². The van der Waals surface area contributed by atoms with Crippen LogP contribution in [0, 0.1) is 0 Å². The molecule has 2 aliphatic rings. The lowest BCUT2D eigenvalue weighted by Crippen LogP contribution is -2.61. The van der Waals surface area contributed by atoms with Crippen LogP contribution in [-0.4, -0.2) is 36.2 Å². The van der Waals surface area contributed by atoms with Crippen molar-refractivity contribution in [2.24, 2.45) is 0 Å². The van der Waals surface area contributed by atoms with Gasteiger partial charge in [0, 0.05) is 78.3 Å². The maximum Gasteiger partial charge on any atom is 0.252 e.